The molecule has 0 bridgehead atoms. The molecule has 0 aliphatic carbocycles. The van der Waals surface area contributed by atoms with E-state index in [0.29, 0.717) is 21.4 Å². The largest absolute Gasteiger partial charge is 0.427 e. The normalized spacial score (nSPS) is 16.9. The second kappa shape index (κ2) is 5.59. The molecule has 18 heavy (non-hydrogen) atoms. The van der Waals surface area contributed by atoms with Crippen LogP contribution in [0.1, 0.15) is 25.3 Å². The summed E-state index contributed by atoms with van der Waals surface area (Å²) >= 11 is 11.8. The maximum Gasteiger partial charge on any atom is 0.343 e. The lowest BCUT2D eigenvalue weighted by atomic mass is 10.1. The summed E-state index contributed by atoms with van der Waals surface area (Å²) in [7, 11) is 0. The molecular formula is C14H12Cl2O2. The van der Waals surface area contributed by atoms with Crippen molar-refractivity contribution in [3.63, 3.8) is 0 Å². The summed E-state index contributed by atoms with van der Waals surface area (Å²) in [6.07, 6.45) is 5.19. The first kappa shape index (κ1) is 13.2. The van der Waals surface area contributed by atoms with E-state index in [-0.39, 0.29) is 5.97 Å². The van der Waals surface area contributed by atoms with Gasteiger partial charge in [-0.3, -0.25) is 0 Å². The lowest BCUT2D eigenvalue weighted by Gasteiger charge is -1.98. The van der Waals surface area contributed by atoms with Crippen molar-refractivity contribution in [2.45, 2.75) is 19.8 Å². The summed E-state index contributed by atoms with van der Waals surface area (Å²) in [5, 5.41) is 1.08. The third-order valence-corrected chi connectivity index (χ3v) is 2.92. The van der Waals surface area contributed by atoms with Gasteiger partial charge in [-0.2, -0.15) is 0 Å². The molecule has 1 heterocycles. The third kappa shape index (κ3) is 3.15. The molecule has 0 radical (unpaired) electrons. The summed E-state index contributed by atoms with van der Waals surface area (Å²) in [6.45, 7) is 2.03. The number of rotatable bonds is 3. The van der Waals surface area contributed by atoms with Crippen LogP contribution in [-0.2, 0) is 9.53 Å². The van der Waals surface area contributed by atoms with Crippen LogP contribution in [0.15, 0.2) is 35.6 Å². The Labute approximate surface area is 116 Å². The smallest absolute Gasteiger partial charge is 0.343 e. The second-order valence-electron chi connectivity index (χ2n) is 4.05. The summed E-state index contributed by atoms with van der Waals surface area (Å²) < 4.78 is 5.13. The van der Waals surface area contributed by atoms with E-state index in [1.807, 2.05) is 6.92 Å². The van der Waals surface area contributed by atoms with Crippen LogP contribution in [0.3, 0.4) is 0 Å². The van der Waals surface area contributed by atoms with Gasteiger partial charge in [0.1, 0.15) is 5.76 Å². The van der Waals surface area contributed by atoms with Gasteiger partial charge in [0.2, 0.25) is 0 Å². The number of benzene rings is 1. The molecule has 94 valence electrons. The Morgan fingerprint density at radius 3 is 2.50 bits per heavy atom. The molecule has 2 rings (SSSR count). The van der Waals surface area contributed by atoms with Crippen LogP contribution in [0.2, 0.25) is 10.0 Å². The van der Waals surface area contributed by atoms with Gasteiger partial charge >= 0.3 is 5.97 Å². The van der Waals surface area contributed by atoms with E-state index < -0.39 is 0 Å². The molecular weight excluding hydrogens is 271 g/mol. The van der Waals surface area contributed by atoms with Crippen LogP contribution in [0.25, 0.3) is 6.08 Å². The van der Waals surface area contributed by atoms with E-state index in [9.17, 15) is 4.79 Å². The highest BCUT2D eigenvalue weighted by molar-refractivity contribution is 6.34. The van der Waals surface area contributed by atoms with Gasteiger partial charge in [-0.1, -0.05) is 30.1 Å². The van der Waals surface area contributed by atoms with Crippen molar-refractivity contribution < 1.29 is 9.53 Å². The van der Waals surface area contributed by atoms with Crippen molar-refractivity contribution in [3.8, 4) is 0 Å². The maximum atomic E-state index is 11.6. The minimum atomic E-state index is -0.324. The van der Waals surface area contributed by atoms with E-state index in [4.69, 9.17) is 27.9 Å². The van der Waals surface area contributed by atoms with Gasteiger partial charge in [-0.05, 0) is 42.3 Å². The van der Waals surface area contributed by atoms with Crippen molar-refractivity contribution in [1.29, 1.82) is 0 Å². The van der Waals surface area contributed by atoms with Crippen molar-refractivity contribution in [3.05, 3.63) is 51.2 Å². The fourth-order valence-corrected chi connectivity index (χ4v) is 2.29. The fourth-order valence-electron chi connectivity index (χ4n) is 1.75. The molecule has 1 aromatic carbocycles. The first-order valence-electron chi connectivity index (χ1n) is 5.69. The Kier molecular flexibility index (Phi) is 4.10. The van der Waals surface area contributed by atoms with E-state index in [1.54, 1.807) is 30.4 Å². The lowest BCUT2D eigenvalue weighted by Crippen LogP contribution is -1.97. The third-order valence-electron chi connectivity index (χ3n) is 2.48. The maximum absolute atomic E-state index is 11.6. The number of carbonyl (C=O) groups is 1. The van der Waals surface area contributed by atoms with Crippen LogP contribution >= 0.6 is 23.2 Å². The highest BCUT2D eigenvalue weighted by Crippen LogP contribution is 2.25. The summed E-state index contributed by atoms with van der Waals surface area (Å²) in [4.78, 5) is 11.6. The number of ether oxygens (including phenoxy) is 1. The van der Waals surface area contributed by atoms with E-state index in [2.05, 4.69) is 0 Å². The zero-order valence-corrected chi connectivity index (χ0v) is 11.4. The van der Waals surface area contributed by atoms with Crippen molar-refractivity contribution in [2.24, 2.45) is 0 Å². The molecule has 1 aliphatic rings. The quantitative estimate of drug-likeness (QED) is 0.597. The Bertz CT molecular complexity index is 524. The Morgan fingerprint density at radius 2 is 1.89 bits per heavy atom. The predicted molar refractivity (Wildman–Crippen MR) is 73.5 cm³/mol. The van der Waals surface area contributed by atoms with Crippen molar-refractivity contribution in [2.75, 3.05) is 0 Å². The molecule has 0 atom stereocenters. The molecule has 0 spiro atoms. The molecule has 1 aromatic rings. The minimum absolute atomic E-state index is 0.324. The van der Waals surface area contributed by atoms with E-state index in [1.165, 1.54) is 0 Å². The van der Waals surface area contributed by atoms with Gasteiger partial charge in [0, 0.05) is 16.5 Å². The van der Waals surface area contributed by atoms with Crippen LogP contribution in [0, 0.1) is 0 Å². The first-order chi connectivity index (χ1) is 8.58. The summed E-state index contributed by atoms with van der Waals surface area (Å²) in [5.74, 6) is 0.386. The van der Waals surface area contributed by atoms with E-state index in [0.717, 1.165) is 18.4 Å². The lowest BCUT2D eigenvalue weighted by molar-refractivity contribution is -0.133. The Hall–Kier alpha value is -1.25. The van der Waals surface area contributed by atoms with Gasteiger partial charge < -0.3 is 4.74 Å². The number of esters is 1. The highest BCUT2D eigenvalue weighted by Gasteiger charge is 2.19. The van der Waals surface area contributed by atoms with Crippen LogP contribution in [0.5, 0.6) is 0 Å². The van der Waals surface area contributed by atoms with Crippen molar-refractivity contribution in [1.82, 2.24) is 0 Å². The Balaban J connectivity index is 2.30. The van der Waals surface area contributed by atoms with E-state index >= 15 is 0 Å². The van der Waals surface area contributed by atoms with Gasteiger partial charge in [0.25, 0.3) is 0 Å². The van der Waals surface area contributed by atoms with Gasteiger partial charge in [-0.15, -0.1) is 0 Å². The topological polar surface area (TPSA) is 26.3 Å². The SMILES string of the molecule is CCCC1=C/C(=C\c2cc(Cl)cc(Cl)c2)C(=O)O1. The standard InChI is InChI=1S/C14H12Cl2O2/c1-2-3-13-7-10(14(17)18-13)4-9-5-11(15)8-12(16)6-9/h4-8H,2-3H2,1H3/b10-4+. The number of hydrogen-bond acceptors (Lipinski definition) is 2. The number of carbonyl (C=O) groups excluding carboxylic acids is 1. The molecule has 0 saturated heterocycles. The Morgan fingerprint density at radius 1 is 1.22 bits per heavy atom. The zero-order valence-electron chi connectivity index (χ0n) is 9.87. The van der Waals surface area contributed by atoms with Crippen molar-refractivity contribution >= 4 is 35.2 Å². The molecule has 0 amide bonds. The summed E-state index contributed by atoms with van der Waals surface area (Å²) in [5.41, 5.74) is 1.31. The minimum Gasteiger partial charge on any atom is -0.427 e. The number of cyclic esters (lactones) is 1. The molecule has 0 N–H and O–H groups in total. The summed E-state index contributed by atoms with van der Waals surface area (Å²) in [6, 6.07) is 5.15. The van der Waals surface area contributed by atoms with Gasteiger partial charge in [-0.25, -0.2) is 4.79 Å². The molecule has 1 aliphatic heterocycles. The molecule has 0 fully saturated rings. The second-order valence-corrected chi connectivity index (χ2v) is 4.93. The molecule has 0 unspecified atom stereocenters. The van der Waals surface area contributed by atoms with Crippen LogP contribution < -0.4 is 0 Å². The fraction of sp³-hybridized carbons (Fsp3) is 0.214. The molecule has 2 nitrogen and oxygen atoms in total. The average Bonchev–Trinajstić information content (AvgIpc) is 2.58. The highest BCUT2D eigenvalue weighted by atomic mass is 35.5. The zero-order chi connectivity index (χ0) is 13.1. The monoisotopic (exact) mass is 282 g/mol. The van der Waals surface area contributed by atoms with Gasteiger partial charge in [0.05, 0.1) is 5.57 Å². The van der Waals surface area contributed by atoms with Gasteiger partial charge in [0.15, 0.2) is 0 Å². The first-order valence-corrected chi connectivity index (χ1v) is 6.44. The number of hydrogen-bond donors (Lipinski definition) is 0. The van der Waals surface area contributed by atoms with Crippen LogP contribution in [-0.4, -0.2) is 5.97 Å². The molecule has 0 aromatic heterocycles. The molecule has 0 saturated carbocycles. The predicted octanol–water partition coefficient (Wildman–Crippen LogP) is 4.62. The number of halogens is 2. The molecule has 4 heteroatoms. The number of allylic oxidation sites excluding steroid dienone is 1. The van der Waals surface area contributed by atoms with Crippen LogP contribution in [0.4, 0.5) is 0 Å². The average molecular weight is 283 g/mol.